The van der Waals surface area contributed by atoms with Crippen molar-refractivity contribution in [2.45, 2.75) is 6.54 Å². The molecular weight excluding hydrogens is 400 g/mol. The Hall–Kier alpha value is -3.61. The van der Waals surface area contributed by atoms with Crippen molar-refractivity contribution in [3.63, 3.8) is 0 Å². The summed E-state index contributed by atoms with van der Waals surface area (Å²) in [5.74, 6) is -0.138. The lowest BCUT2D eigenvalue weighted by Gasteiger charge is -2.26. The molecule has 6 heteroatoms. The molecule has 0 saturated carbocycles. The number of nitrogen functional groups attached to an aromatic ring is 1. The third kappa shape index (κ3) is 4.23. The van der Waals surface area contributed by atoms with E-state index in [9.17, 15) is 4.79 Å². The molecule has 2 aliphatic heterocycles. The van der Waals surface area contributed by atoms with Crippen LogP contribution in [-0.2, 0) is 16.1 Å². The maximum Gasteiger partial charge on any atom is 0.258 e. The van der Waals surface area contributed by atoms with Crippen LogP contribution in [0.5, 0.6) is 0 Å². The Bertz CT molecular complexity index is 1150. The molecule has 0 spiro atoms. The second kappa shape index (κ2) is 8.86. The quantitative estimate of drug-likeness (QED) is 0.424. The number of fused-ring (bicyclic) bond motifs is 1. The number of rotatable bonds is 5. The second-order valence-corrected chi connectivity index (χ2v) is 8.09. The van der Waals surface area contributed by atoms with Gasteiger partial charge in [0.05, 0.1) is 24.5 Å². The normalized spacial score (nSPS) is 17.6. The summed E-state index contributed by atoms with van der Waals surface area (Å²) in [7, 11) is 0. The summed E-state index contributed by atoms with van der Waals surface area (Å²) in [6, 6.07) is 23.8. The molecule has 2 aliphatic rings. The van der Waals surface area contributed by atoms with Crippen molar-refractivity contribution < 1.29 is 9.53 Å². The van der Waals surface area contributed by atoms with Gasteiger partial charge >= 0.3 is 0 Å². The number of amides is 1. The van der Waals surface area contributed by atoms with E-state index in [2.05, 4.69) is 39.8 Å². The Morgan fingerprint density at radius 3 is 2.50 bits per heavy atom. The molecule has 0 aromatic heterocycles. The van der Waals surface area contributed by atoms with Crippen LogP contribution in [0.1, 0.15) is 16.7 Å². The van der Waals surface area contributed by atoms with Crippen molar-refractivity contribution in [2.24, 2.45) is 0 Å². The van der Waals surface area contributed by atoms with Gasteiger partial charge < -0.3 is 21.1 Å². The van der Waals surface area contributed by atoms with Gasteiger partial charge in [-0.25, -0.2) is 0 Å². The lowest BCUT2D eigenvalue weighted by atomic mass is 9.99. The fraction of sp³-hybridized carbons (Fsp3) is 0.192. The van der Waals surface area contributed by atoms with Crippen molar-refractivity contribution in [1.29, 1.82) is 0 Å². The standard InChI is InChI=1S/C26H26N4O2/c27-20-8-11-23-22(16-20)24(26(31)29-23)25(19-4-2-1-3-5-19)28-21-9-6-18(7-10-21)17-30-12-14-32-15-13-30/h1-11,16,28H,12-15,17,27H2,(H,29,31)/b25-24-. The molecule has 1 saturated heterocycles. The molecule has 1 fully saturated rings. The highest BCUT2D eigenvalue weighted by atomic mass is 16.5. The Balaban J connectivity index is 1.48. The van der Waals surface area contributed by atoms with E-state index >= 15 is 0 Å². The van der Waals surface area contributed by atoms with E-state index in [0.717, 1.165) is 61.0 Å². The van der Waals surface area contributed by atoms with Gasteiger partial charge in [-0.3, -0.25) is 9.69 Å². The number of carbonyl (C=O) groups is 1. The van der Waals surface area contributed by atoms with E-state index in [4.69, 9.17) is 10.5 Å². The Morgan fingerprint density at radius 1 is 1.00 bits per heavy atom. The van der Waals surface area contributed by atoms with Gasteiger partial charge in [-0.05, 0) is 41.5 Å². The third-order valence-electron chi connectivity index (χ3n) is 5.83. The third-order valence-corrected chi connectivity index (χ3v) is 5.83. The number of carbonyl (C=O) groups excluding carboxylic acids is 1. The summed E-state index contributed by atoms with van der Waals surface area (Å²) in [6.07, 6.45) is 0. The molecule has 6 nitrogen and oxygen atoms in total. The molecule has 0 atom stereocenters. The lowest BCUT2D eigenvalue weighted by Crippen LogP contribution is -2.35. The summed E-state index contributed by atoms with van der Waals surface area (Å²) in [5, 5.41) is 6.46. The monoisotopic (exact) mass is 426 g/mol. The largest absolute Gasteiger partial charge is 0.399 e. The van der Waals surface area contributed by atoms with Crippen LogP contribution in [0.3, 0.4) is 0 Å². The minimum atomic E-state index is -0.138. The predicted octanol–water partition coefficient (Wildman–Crippen LogP) is 4.03. The fourth-order valence-corrected chi connectivity index (χ4v) is 4.17. The highest BCUT2D eigenvalue weighted by Crippen LogP contribution is 2.38. The molecule has 0 aliphatic carbocycles. The van der Waals surface area contributed by atoms with Gasteiger partial charge in [0.2, 0.25) is 0 Å². The first-order valence-corrected chi connectivity index (χ1v) is 10.8. The first-order valence-electron chi connectivity index (χ1n) is 10.8. The van der Waals surface area contributed by atoms with Gasteiger partial charge in [-0.2, -0.15) is 0 Å². The summed E-state index contributed by atoms with van der Waals surface area (Å²) >= 11 is 0. The number of hydrogen-bond acceptors (Lipinski definition) is 5. The molecule has 0 unspecified atom stereocenters. The maximum atomic E-state index is 13.0. The molecule has 2 heterocycles. The Morgan fingerprint density at radius 2 is 1.75 bits per heavy atom. The molecule has 4 N–H and O–H groups in total. The number of morpholine rings is 1. The summed E-state index contributed by atoms with van der Waals surface area (Å²) in [6.45, 7) is 4.42. The lowest BCUT2D eigenvalue weighted by molar-refractivity contribution is -0.110. The molecule has 3 aromatic carbocycles. The van der Waals surface area contributed by atoms with Crippen molar-refractivity contribution >= 4 is 34.2 Å². The maximum absolute atomic E-state index is 13.0. The number of hydrogen-bond donors (Lipinski definition) is 3. The van der Waals surface area contributed by atoms with Gasteiger partial charge in [0.25, 0.3) is 5.91 Å². The van der Waals surface area contributed by atoms with E-state index in [0.29, 0.717) is 11.3 Å². The number of ether oxygens (including phenoxy) is 1. The topological polar surface area (TPSA) is 79.6 Å². The molecule has 1 amide bonds. The van der Waals surface area contributed by atoms with Crippen LogP contribution in [0.25, 0.3) is 11.3 Å². The average molecular weight is 427 g/mol. The van der Waals surface area contributed by atoms with Crippen molar-refractivity contribution in [1.82, 2.24) is 4.90 Å². The average Bonchev–Trinajstić information content (AvgIpc) is 3.14. The predicted molar refractivity (Wildman–Crippen MR) is 129 cm³/mol. The number of nitrogens with zero attached hydrogens (tertiary/aromatic N) is 1. The van der Waals surface area contributed by atoms with Crippen LogP contribution in [0.15, 0.2) is 72.8 Å². The van der Waals surface area contributed by atoms with Gasteiger partial charge in [-0.15, -0.1) is 0 Å². The van der Waals surface area contributed by atoms with Gasteiger partial charge in [-0.1, -0.05) is 42.5 Å². The zero-order valence-electron chi connectivity index (χ0n) is 17.8. The number of anilines is 3. The minimum absolute atomic E-state index is 0.138. The molecule has 0 radical (unpaired) electrons. The molecule has 32 heavy (non-hydrogen) atoms. The SMILES string of the molecule is Nc1ccc2c(c1)/C(=C(/Nc1ccc(CN3CCOCC3)cc1)c1ccccc1)C(=O)N2. The Kier molecular flexibility index (Phi) is 5.62. The first kappa shape index (κ1) is 20.3. The van der Waals surface area contributed by atoms with Crippen molar-refractivity contribution in [3.8, 4) is 0 Å². The van der Waals surface area contributed by atoms with Crippen molar-refractivity contribution in [3.05, 3.63) is 89.5 Å². The van der Waals surface area contributed by atoms with Crippen molar-refractivity contribution in [2.75, 3.05) is 42.7 Å². The van der Waals surface area contributed by atoms with Crippen LogP contribution in [-0.4, -0.2) is 37.1 Å². The number of benzene rings is 3. The van der Waals surface area contributed by atoms with E-state index in [1.54, 1.807) is 6.07 Å². The molecular formula is C26H26N4O2. The van der Waals surface area contributed by atoms with E-state index < -0.39 is 0 Å². The molecule has 162 valence electrons. The summed E-state index contributed by atoms with van der Waals surface area (Å²) in [5.41, 5.74) is 12.7. The molecule has 0 bridgehead atoms. The van der Waals surface area contributed by atoms with Gasteiger partial charge in [0, 0.05) is 42.3 Å². The smallest absolute Gasteiger partial charge is 0.258 e. The van der Waals surface area contributed by atoms with E-state index in [1.807, 2.05) is 42.5 Å². The van der Waals surface area contributed by atoms with Crippen LogP contribution >= 0.6 is 0 Å². The molecule has 5 rings (SSSR count). The van der Waals surface area contributed by atoms with Crippen LogP contribution in [0.4, 0.5) is 17.1 Å². The number of nitrogens with one attached hydrogen (secondary N) is 2. The second-order valence-electron chi connectivity index (χ2n) is 8.09. The zero-order valence-corrected chi connectivity index (χ0v) is 17.8. The number of nitrogens with two attached hydrogens (primary N) is 1. The van der Waals surface area contributed by atoms with Gasteiger partial charge in [0.1, 0.15) is 0 Å². The zero-order chi connectivity index (χ0) is 21.9. The highest BCUT2D eigenvalue weighted by Gasteiger charge is 2.28. The minimum Gasteiger partial charge on any atom is -0.399 e. The van der Waals surface area contributed by atoms with Crippen LogP contribution in [0.2, 0.25) is 0 Å². The van der Waals surface area contributed by atoms with E-state index in [1.165, 1.54) is 5.56 Å². The first-order chi connectivity index (χ1) is 15.7. The molecule has 3 aromatic rings. The fourth-order valence-electron chi connectivity index (χ4n) is 4.17. The summed E-state index contributed by atoms with van der Waals surface area (Å²) < 4.78 is 5.43. The van der Waals surface area contributed by atoms with E-state index in [-0.39, 0.29) is 5.91 Å². The highest BCUT2D eigenvalue weighted by molar-refractivity contribution is 6.37. The summed E-state index contributed by atoms with van der Waals surface area (Å²) in [4.78, 5) is 15.4. The van der Waals surface area contributed by atoms with Crippen LogP contribution in [0, 0.1) is 0 Å². The van der Waals surface area contributed by atoms with Gasteiger partial charge in [0.15, 0.2) is 0 Å². The Labute approximate surface area is 187 Å². The van der Waals surface area contributed by atoms with Crippen LogP contribution < -0.4 is 16.4 Å².